The molecule has 1 amide bonds. The maximum absolute atomic E-state index is 12.1. The van der Waals surface area contributed by atoms with Crippen LogP contribution in [0.15, 0.2) is 48.5 Å². The number of hydrogen-bond acceptors (Lipinski definition) is 2. The van der Waals surface area contributed by atoms with Crippen molar-refractivity contribution in [1.29, 1.82) is 0 Å². The number of amides is 1. The Morgan fingerprint density at radius 1 is 1.09 bits per heavy atom. The summed E-state index contributed by atoms with van der Waals surface area (Å²) in [6.45, 7) is 6.35. The van der Waals surface area contributed by atoms with Crippen molar-refractivity contribution < 1.29 is 4.79 Å². The van der Waals surface area contributed by atoms with Gasteiger partial charge in [-0.05, 0) is 30.0 Å². The van der Waals surface area contributed by atoms with Crippen LogP contribution in [0.2, 0.25) is 0 Å². The van der Waals surface area contributed by atoms with E-state index in [0.717, 1.165) is 11.4 Å². The number of anilines is 1. The molecule has 0 unspecified atom stereocenters. The quantitative estimate of drug-likeness (QED) is 0.814. The zero-order valence-electron chi connectivity index (χ0n) is 13.4. The van der Waals surface area contributed by atoms with Gasteiger partial charge in [0, 0.05) is 11.4 Å². The van der Waals surface area contributed by atoms with E-state index in [2.05, 4.69) is 56.4 Å². The van der Waals surface area contributed by atoms with Crippen molar-refractivity contribution >= 4 is 23.4 Å². The summed E-state index contributed by atoms with van der Waals surface area (Å²) in [6, 6.07) is 16.5. The van der Waals surface area contributed by atoms with E-state index in [-0.39, 0.29) is 5.91 Å². The predicted molar refractivity (Wildman–Crippen MR) is 96.5 cm³/mol. The summed E-state index contributed by atoms with van der Waals surface area (Å²) in [5.41, 5.74) is 4.63. The monoisotopic (exact) mass is 313 g/mol. The van der Waals surface area contributed by atoms with Crippen molar-refractivity contribution in [2.75, 3.05) is 11.1 Å². The molecule has 1 N–H and O–H groups in total. The molecule has 0 aliphatic carbocycles. The molecule has 0 aliphatic heterocycles. The zero-order valence-corrected chi connectivity index (χ0v) is 14.2. The maximum Gasteiger partial charge on any atom is 0.234 e. The topological polar surface area (TPSA) is 29.1 Å². The Hall–Kier alpha value is -1.74. The van der Waals surface area contributed by atoms with Crippen molar-refractivity contribution in [2.24, 2.45) is 0 Å². The van der Waals surface area contributed by atoms with E-state index < -0.39 is 0 Å². The van der Waals surface area contributed by atoms with Gasteiger partial charge in [-0.1, -0.05) is 61.9 Å². The molecule has 2 aromatic rings. The van der Waals surface area contributed by atoms with Gasteiger partial charge < -0.3 is 5.32 Å². The van der Waals surface area contributed by atoms with E-state index in [4.69, 9.17) is 0 Å². The standard InChI is InChI=1S/C19H23NOS/c1-14(2)17-6-4-5-7-18(17)20-19(21)13-22-12-16-10-8-15(3)9-11-16/h4-11,14H,12-13H2,1-3H3,(H,20,21). The average molecular weight is 313 g/mol. The molecule has 0 aromatic heterocycles. The first-order valence-electron chi connectivity index (χ1n) is 7.58. The molecular weight excluding hydrogens is 290 g/mol. The van der Waals surface area contributed by atoms with Gasteiger partial charge in [0.2, 0.25) is 5.91 Å². The summed E-state index contributed by atoms with van der Waals surface area (Å²) in [7, 11) is 0. The summed E-state index contributed by atoms with van der Waals surface area (Å²) in [6.07, 6.45) is 0. The number of rotatable bonds is 6. The van der Waals surface area contributed by atoms with Crippen LogP contribution in [0.5, 0.6) is 0 Å². The minimum atomic E-state index is 0.0604. The van der Waals surface area contributed by atoms with E-state index >= 15 is 0 Å². The Balaban J connectivity index is 1.84. The number of carbonyl (C=O) groups is 1. The summed E-state index contributed by atoms with van der Waals surface area (Å²) in [5.74, 6) is 1.79. The molecule has 0 atom stereocenters. The molecule has 3 heteroatoms. The van der Waals surface area contributed by atoms with Gasteiger partial charge in [-0.15, -0.1) is 11.8 Å². The predicted octanol–water partition coefficient (Wildman–Crippen LogP) is 4.99. The van der Waals surface area contributed by atoms with Crippen LogP contribution in [0.25, 0.3) is 0 Å². The lowest BCUT2D eigenvalue weighted by atomic mass is 10.0. The fourth-order valence-electron chi connectivity index (χ4n) is 2.25. The maximum atomic E-state index is 12.1. The highest BCUT2D eigenvalue weighted by molar-refractivity contribution is 7.99. The molecule has 2 aromatic carbocycles. The highest BCUT2D eigenvalue weighted by atomic mass is 32.2. The largest absolute Gasteiger partial charge is 0.325 e. The van der Waals surface area contributed by atoms with Crippen molar-refractivity contribution in [3.63, 3.8) is 0 Å². The summed E-state index contributed by atoms with van der Waals surface area (Å²) < 4.78 is 0. The zero-order chi connectivity index (χ0) is 15.9. The third-order valence-corrected chi connectivity index (χ3v) is 4.48. The van der Waals surface area contributed by atoms with Crippen LogP contribution in [0.4, 0.5) is 5.69 Å². The van der Waals surface area contributed by atoms with Gasteiger partial charge >= 0.3 is 0 Å². The second-order valence-corrected chi connectivity index (χ2v) is 6.75. The van der Waals surface area contributed by atoms with E-state index in [0.29, 0.717) is 11.7 Å². The second kappa shape index (κ2) is 8.04. The van der Waals surface area contributed by atoms with E-state index in [9.17, 15) is 4.79 Å². The molecule has 0 saturated carbocycles. The molecule has 0 heterocycles. The minimum Gasteiger partial charge on any atom is -0.325 e. The summed E-state index contributed by atoms with van der Waals surface area (Å²) >= 11 is 1.64. The summed E-state index contributed by atoms with van der Waals surface area (Å²) in [5, 5.41) is 3.03. The molecular formula is C19H23NOS. The Morgan fingerprint density at radius 2 is 1.77 bits per heavy atom. The SMILES string of the molecule is Cc1ccc(CSCC(=O)Nc2ccccc2C(C)C)cc1. The second-order valence-electron chi connectivity index (χ2n) is 5.77. The molecule has 0 spiro atoms. The van der Waals surface area contributed by atoms with Gasteiger partial charge in [-0.2, -0.15) is 0 Å². The fraction of sp³-hybridized carbons (Fsp3) is 0.316. The number of para-hydroxylation sites is 1. The van der Waals surface area contributed by atoms with Crippen LogP contribution in [-0.2, 0) is 10.5 Å². The number of carbonyl (C=O) groups excluding carboxylic acids is 1. The number of benzene rings is 2. The Labute approximate surface area is 137 Å². The van der Waals surface area contributed by atoms with Crippen LogP contribution in [0, 0.1) is 6.92 Å². The highest BCUT2D eigenvalue weighted by Gasteiger charge is 2.09. The molecule has 0 bridgehead atoms. The molecule has 2 rings (SSSR count). The van der Waals surface area contributed by atoms with Crippen LogP contribution in [0.3, 0.4) is 0 Å². The van der Waals surface area contributed by atoms with Crippen molar-refractivity contribution in [1.82, 2.24) is 0 Å². The van der Waals surface area contributed by atoms with Crippen molar-refractivity contribution in [2.45, 2.75) is 32.4 Å². The van der Waals surface area contributed by atoms with Crippen molar-refractivity contribution in [3.8, 4) is 0 Å². The highest BCUT2D eigenvalue weighted by Crippen LogP contribution is 2.24. The first-order chi connectivity index (χ1) is 10.6. The van der Waals surface area contributed by atoms with Crippen LogP contribution >= 0.6 is 11.8 Å². The number of thioether (sulfide) groups is 1. The van der Waals surface area contributed by atoms with Gasteiger partial charge in [0.25, 0.3) is 0 Å². The van der Waals surface area contributed by atoms with Gasteiger partial charge in [0.05, 0.1) is 5.75 Å². The molecule has 0 aliphatic rings. The smallest absolute Gasteiger partial charge is 0.234 e. The number of aryl methyl sites for hydroxylation is 1. The van der Waals surface area contributed by atoms with Crippen LogP contribution < -0.4 is 5.32 Å². The Bertz CT molecular complexity index is 620. The molecule has 0 radical (unpaired) electrons. The number of nitrogens with one attached hydrogen (secondary N) is 1. The third-order valence-electron chi connectivity index (χ3n) is 3.48. The normalized spacial score (nSPS) is 10.7. The molecule has 0 saturated heterocycles. The molecule has 22 heavy (non-hydrogen) atoms. The van der Waals surface area contributed by atoms with E-state index in [1.54, 1.807) is 11.8 Å². The van der Waals surface area contributed by atoms with Crippen LogP contribution in [-0.4, -0.2) is 11.7 Å². The lowest BCUT2D eigenvalue weighted by Gasteiger charge is -2.13. The van der Waals surface area contributed by atoms with Gasteiger partial charge in [-0.25, -0.2) is 0 Å². The van der Waals surface area contributed by atoms with Crippen LogP contribution in [0.1, 0.15) is 36.5 Å². The minimum absolute atomic E-state index is 0.0604. The first kappa shape index (κ1) is 16.6. The van der Waals surface area contributed by atoms with Gasteiger partial charge in [0.1, 0.15) is 0 Å². The lowest BCUT2D eigenvalue weighted by molar-refractivity contribution is -0.113. The Morgan fingerprint density at radius 3 is 2.45 bits per heavy atom. The van der Waals surface area contributed by atoms with Gasteiger partial charge in [0.15, 0.2) is 0 Å². The molecule has 116 valence electrons. The number of hydrogen-bond donors (Lipinski definition) is 1. The fourth-order valence-corrected chi connectivity index (χ4v) is 3.03. The first-order valence-corrected chi connectivity index (χ1v) is 8.74. The molecule has 0 fully saturated rings. The van der Waals surface area contributed by atoms with Gasteiger partial charge in [-0.3, -0.25) is 4.79 Å². The van der Waals surface area contributed by atoms with E-state index in [1.165, 1.54) is 16.7 Å². The average Bonchev–Trinajstić information content (AvgIpc) is 2.49. The Kier molecular flexibility index (Phi) is 6.08. The van der Waals surface area contributed by atoms with E-state index in [1.807, 2.05) is 18.2 Å². The lowest BCUT2D eigenvalue weighted by Crippen LogP contribution is -2.15. The third kappa shape index (κ3) is 4.92. The summed E-state index contributed by atoms with van der Waals surface area (Å²) in [4.78, 5) is 12.1. The molecule has 2 nitrogen and oxygen atoms in total. The van der Waals surface area contributed by atoms with Crippen molar-refractivity contribution in [3.05, 3.63) is 65.2 Å².